The molecule has 1 heterocycles. The normalized spacial score (nSPS) is 15.0. The Morgan fingerprint density at radius 1 is 0.840 bits per heavy atom. The summed E-state index contributed by atoms with van der Waals surface area (Å²) < 4.78 is 13.8. The maximum absolute atomic E-state index is 13.0. The van der Waals surface area contributed by atoms with Gasteiger partial charge in [0.1, 0.15) is 5.82 Å². The van der Waals surface area contributed by atoms with Crippen LogP contribution in [-0.4, -0.2) is 47.8 Å². The highest BCUT2D eigenvalue weighted by Gasteiger charge is 2.24. The van der Waals surface area contributed by atoms with Gasteiger partial charge in [0.25, 0.3) is 11.8 Å². The van der Waals surface area contributed by atoms with Crippen LogP contribution in [0.4, 0.5) is 4.39 Å². The molecule has 2 aromatic carbocycles. The van der Waals surface area contributed by atoms with Gasteiger partial charge in [-0.05, 0) is 58.7 Å². The lowest BCUT2D eigenvalue weighted by molar-refractivity contribution is 0.0718. The van der Waals surface area contributed by atoms with E-state index in [-0.39, 0.29) is 17.6 Å². The third-order valence-corrected chi connectivity index (χ3v) is 4.96. The Bertz CT molecular complexity index is 779. The number of halogens is 2. The van der Waals surface area contributed by atoms with Gasteiger partial charge in [0.2, 0.25) is 0 Å². The molecule has 1 saturated heterocycles. The van der Waals surface area contributed by atoms with E-state index in [0.717, 1.165) is 4.47 Å². The van der Waals surface area contributed by atoms with Crippen LogP contribution >= 0.6 is 15.9 Å². The summed E-state index contributed by atoms with van der Waals surface area (Å²) in [6.45, 7) is 2.13. The molecular weight excluding hydrogens is 387 g/mol. The van der Waals surface area contributed by atoms with Gasteiger partial charge in [0.15, 0.2) is 0 Å². The molecule has 0 saturated carbocycles. The number of nitrogens with zero attached hydrogens (tertiary/aromatic N) is 2. The lowest BCUT2D eigenvalue weighted by atomic mass is 10.2. The van der Waals surface area contributed by atoms with E-state index in [9.17, 15) is 14.0 Å². The molecule has 130 valence electrons. The highest BCUT2D eigenvalue weighted by Crippen LogP contribution is 2.19. The van der Waals surface area contributed by atoms with Crippen LogP contribution in [0.15, 0.2) is 53.0 Å². The van der Waals surface area contributed by atoms with E-state index >= 15 is 0 Å². The van der Waals surface area contributed by atoms with Gasteiger partial charge in [-0.1, -0.05) is 12.1 Å². The Morgan fingerprint density at radius 2 is 1.44 bits per heavy atom. The lowest BCUT2D eigenvalue weighted by Crippen LogP contribution is -2.37. The van der Waals surface area contributed by atoms with Crippen LogP contribution in [0.1, 0.15) is 27.1 Å². The molecule has 0 aliphatic carbocycles. The molecule has 0 bridgehead atoms. The molecular formula is C19H18BrFN2O2. The molecule has 1 aliphatic heterocycles. The number of benzene rings is 2. The molecule has 0 radical (unpaired) electrons. The summed E-state index contributed by atoms with van der Waals surface area (Å²) >= 11 is 3.41. The van der Waals surface area contributed by atoms with Crippen molar-refractivity contribution >= 4 is 27.7 Å². The molecule has 2 amide bonds. The number of amides is 2. The number of rotatable bonds is 2. The standard InChI is InChI=1S/C19H18BrFN2O2/c20-17-5-2-1-4-16(17)19(25)23-11-3-10-22(12-13-23)18(24)14-6-8-15(21)9-7-14/h1-2,4-9H,3,10-13H2. The quantitative estimate of drug-likeness (QED) is 0.767. The summed E-state index contributed by atoms with van der Waals surface area (Å²) in [6, 6.07) is 12.9. The van der Waals surface area contributed by atoms with Crippen LogP contribution in [0.5, 0.6) is 0 Å². The van der Waals surface area contributed by atoms with Crippen LogP contribution in [0.2, 0.25) is 0 Å². The first kappa shape index (κ1) is 17.6. The summed E-state index contributed by atoms with van der Waals surface area (Å²) in [6.07, 6.45) is 0.711. The molecule has 25 heavy (non-hydrogen) atoms. The Labute approximate surface area is 154 Å². The summed E-state index contributed by atoms with van der Waals surface area (Å²) in [5.41, 5.74) is 1.09. The third kappa shape index (κ3) is 4.07. The summed E-state index contributed by atoms with van der Waals surface area (Å²) in [4.78, 5) is 28.8. The average Bonchev–Trinajstić information content (AvgIpc) is 2.88. The molecule has 3 rings (SSSR count). The predicted molar refractivity (Wildman–Crippen MR) is 97.0 cm³/mol. The minimum atomic E-state index is -0.363. The SMILES string of the molecule is O=C(c1ccc(F)cc1)N1CCCN(C(=O)c2ccccc2Br)CC1. The Balaban J connectivity index is 1.68. The number of hydrogen-bond donors (Lipinski definition) is 0. The van der Waals surface area contributed by atoms with Gasteiger partial charge < -0.3 is 9.80 Å². The Morgan fingerprint density at radius 3 is 2.08 bits per heavy atom. The fourth-order valence-corrected chi connectivity index (χ4v) is 3.36. The smallest absolute Gasteiger partial charge is 0.255 e. The second-order valence-electron chi connectivity index (χ2n) is 5.92. The van der Waals surface area contributed by atoms with Crippen LogP contribution in [0.25, 0.3) is 0 Å². The maximum atomic E-state index is 13.0. The van der Waals surface area contributed by atoms with Crippen LogP contribution in [-0.2, 0) is 0 Å². The maximum Gasteiger partial charge on any atom is 0.255 e. The van der Waals surface area contributed by atoms with E-state index in [0.29, 0.717) is 43.7 Å². The number of carbonyl (C=O) groups excluding carboxylic acids is 2. The number of carbonyl (C=O) groups is 2. The first-order valence-electron chi connectivity index (χ1n) is 8.15. The van der Waals surface area contributed by atoms with Crippen LogP contribution in [0, 0.1) is 5.82 Å². The van der Waals surface area contributed by atoms with Crippen molar-refractivity contribution in [2.45, 2.75) is 6.42 Å². The largest absolute Gasteiger partial charge is 0.337 e. The van der Waals surface area contributed by atoms with Gasteiger partial charge >= 0.3 is 0 Å². The minimum Gasteiger partial charge on any atom is -0.337 e. The van der Waals surface area contributed by atoms with E-state index in [1.807, 2.05) is 18.2 Å². The molecule has 2 aromatic rings. The van der Waals surface area contributed by atoms with E-state index in [2.05, 4.69) is 15.9 Å². The van der Waals surface area contributed by atoms with Gasteiger partial charge in [-0.15, -0.1) is 0 Å². The molecule has 0 spiro atoms. The van der Waals surface area contributed by atoms with Crippen LogP contribution < -0.4 is 0 Å². The summed E-state index contributed by atoms with van der Waals surface area (Å²) in [7, 11) is 0. The van der Waals surface area contributed by atoms with E-state index in [1.54, 1.807) is 15.9 Å². The lowest BCUT2D eigenvalue weighted by Gasteiger charge is -2.22. The number of hydrogen-bond acceptors (Lipinski definition) is 2. The van der Waals surface area contributed by atoms with Crippen molar-refractivity contribution in [2.75, 3.05) is 26.2 Å². The van der Waals surface area contributed by atoms with E-state index in [4.69, 9.17) is 0 Å². The zero-order valence-electron chi connectivity index (χ0n) is 13.6. The van der Waals surface area contributed by atoms with Crippen LogP contribution in [0.3, 0.4) is 0 Å². The molecule has 0 aromatic heterocycles. The van der Waals surface area contributed by atoms with E-state index < -0.39 is 0 Å². The molecule has 0 atom stereocenters. The second-order valence-corrected chi connectivity index (χ2v) is 6.78. The van der Waals surface area contributed by atoms with Gasteiger partial charge in [0, 0.05) is 36.2 Å². The van der Waals surface area contributed by atoms with Gasteiger partial charge in [-0.3, -0.25) is 9.59 Å². The summed E-state index contributed by atoms with van der Waals surface area (Å²) in [5, 5.41) is 0. The van der Waals surface area contributed by atoms with Crippen molar-refractivity contribution in [2.24, 2.45) is 0 Å². The zero-order chi connectivity index (χ0) is 17.8. The topological polar surface area (TPSA) is 40.6 Å². The molecule has 6 heteroatoms. The van der Waals surface area contributed by atoms with Gasteiger partial charge in [-0.25, -0.2) is 4.39 Å². The zero-order valence-corrected chi connectivity index (χ0v) is 15.2. The van der Waals surface area contributed by atoms with Crippen molar-refractivity contribution in [3.63, 3.8) is 0 Å². The van der Waals surface area contributed by atoms with Crippen molar-refractivity contribution in [1.29, 1.82) is 0 Å². The fraction of sp³-hybridized carbons (Fsp3) is 0.263. The predicted octanol–water partition coefficient (Wildman–Crippen LogP) is 3.58. The molecule has 1 fully saturated rings. The molecule has 0 unspecified atom stereocenters. The van der Waals surface area contributed by atoms with Gasteiger partial charge in [-0.2, -0.15) is 0 Å². The fourth-order valence-electron chi connectivity index (χ4n) is 2.90. The highest BCUT2D eigenvalue weighted by atomic mass is 79.9. The highest BCUT2D eigenvalue weighted by molar-refractivity contribution is 9.10. The summed E-state index contributed by atoms with van der Waals surface area (Å²) in [5.74, 6) is -0.531. The molecule has 4 nitrogen and oxygen atoms in total. The first-order valence-corrected chi connectivity index (χ1v) is 8.94. The Hall–Kier alpha value is -2.21. The van der Waals surface area contributed by atoms with Crippen molar-refractivity contribution in [3.05, 3.63) is 69.9 Å². The average molecular weight is 405 g/mol. The van der Waals surface area contributed by atoms with E-state index in [1.165, 1.54) is 24.3 Å². The van der Waals surface area contributed by atoms with Crippen molar-refractivity contribution < 1.29 is 14.0 Å². The van der Waals surface area contributed by atoms with Gasteiger partial charge in [0.05, 0.1) is 5.56 Å². The monoisotopic (exact) mass is 404 g/mol. The van der Waals surface area contributed by atoms with Crippen molar-refractivity contribution in [1.82, 2.24) is 9.80 Å². The second kappa shape index (κ2) is 7.78. The minimum absolute atomic E-state index is 0.0384. The molecule has 1 aliphatic rings. The Kier molecular flexibility index (Phi) is 5.48. The first-order chi connectivity index (χ1) is 12.1. The molecule has 0 N–H and O–H groups in total. The van der Waals surface area contributed by atoms with Crippen molar-refractivity contribution in [3.8, 4) is 0 Å². The third-order valence-electron chi connectivity index (χ3n) is 4.27.